The van der Waals surface area contributed by atoms with Gasteiger partial charge < -0.3 is 42.0 Å². The van der Waals surface area contributed by atoms with Crippen molar-refractivity contribution in [1.82, 2.24) is 25.9 Å². The molecule has 0 radical (unpaired) electrons. The normalized spacial score (nSPS) is 14.1. The first kappa shape index (κ1) is 30.8. The molecule has 0 saturated carbocycles. The van der Waals surface area contributed by atoms with Crippen LogP contribution in [0.4, 0.5) is 0 Å². The third-order valence-corrected chi connectivity index (χ3v) is 5.67. The number of rotatable bonds is 15. The summed E-state index contributed by atoms with van der Waals surface area (Å²) in [5.41, 5.74) is 7.22. The molecule has 1 aromatic heterocycles. The summed E-state index contributed by atoms with van der Waals surface area (Å²) in [6.07, 6.45) is 2.32. The van der Waals surface area contributed by atoms with E-state index in [0.717, 1.165) is 0 Å². The minimum atomic E-state index is -1.70. The molecule has 2 aromatic rings. The molecule has 0 saturated heterocycles. The van der Waals surface area contributed by atoms with Gasteiger partial charge in [-0.2, -0.15) is 0 Å². The van der Waals surface area contributed by atoms with Crippen LogP contribution >= 0.6 is 0 Å². The maximum absolute atomic E-state index is 13.4. The third kappa shape index (κ3) is 10.4. The van der Waals surface area contributed by atoms with E-state index in [1.54, 1.807) is 26.0 Å². The van der Waals surface area contributed by atoms with Gasteiger partial charge in [0, 0.05) is 24.7 Å². The Balaban J connectivity index is 2.23. The number of nitrogens with two attached hydrogens (primary N) is 1. The highest BCUT2D eigenvalue weighted by Gasteiger charge is 2.31. The van der Waals surface area contributed by atoms with Crippen molar-refractivity contribution in [3.63, 3.8) is 0 Å². The number of carbonyl (C=O) groups is 5. The van der Waals surface area contributed by atoms with Gasteiger partial charge in [-0.15, -0.1) is 0 Å². The molecule has 1 aromatic carbocycles. The second kappa shape index (κ2) is 14.5. The van der Waals surface area contributed by atoms with Crippen molar-refractivity contribution in [3.05, 3.63) is 48.0 Å². The van der Waals surface area contributed by atoms with E-state index in [9.17, 15) is 34.2 Å². The number of amides is 3. The van der Waals surface area contributed by atoms with Crippen LogP contribution in [0.2, 0.25) is 0 Å². The van der Waals surface area contributed by atoms with E-state index in [1.165, 1.54) is 24.7 Å². The summed E-state index contributed by atoms with van der Waals surface area (Å²) < 4.78 is 0. The van der Waals surface area contributed by atoms with Crippen molar-refractivity contribution in [1.29, 1.82) is 0 Å². The number of aromatic nitrogens is 2. The Morgan fingerprint density at radius 3 is 2.03 bits per heavy atom. The van der Waals surface area contributed by atoms with E-state index in [0.29, 0.717) is 11.3 Å². The molecule has 39 heavy (non-hydrogen) atoms. The van der Waals surface area contributed by atoms with Gasteiger partial charge in [-0.1, -0.05) is 26.0 Å². The Morgan fingerprint density at radius 2 is 1.49 bits per heavy atom. The summed E-state index contributed by atoms with van der Waals surface area (Å²) in [6.45, 7) is 3.56. The molecule has 0 aliphatic carbocycles. The number of imidazole rings is 1. The minimum Gasteiger partial charge on any atom is -0.508 e. The van der Waals surface area contributed by atoms with Gasteiger partial charge in [-0.25, -0.2) is 9.78 Å². The Kier molecular flexibility index (Phi) is 11.4. The van der Waals surface area contributed by atoms with Gasteiger partial charge in [0.2, 0.25) is 17.7 Å². The number of carbonyl (C=O) groups excluding carboxylic acids is 3. The molecule has 0 aliphatic rings. The number of nitrogens with one attached hydrogen (secondary N) is 4. The van der Waals surface area contributed by atoms with Gasteiger partial charge in [0.1, 0.15) is 23.9 Å². The first-order chi connectivity index (χ1) is 18.3. The summed E-state index contributed by atoms with van der Waals surface area (Å²) in [7, 11) is 0. The fraction of sp³-hybridized carbons (Fsp3) is 0.440. The van der Waals surface area contributed by atoms with Crippen molar-refractivity contribution in [3.8, 4) is 5.75 Å². The number of hydrogen-bond donors (Lipinski definition) is 8. The first-order valence-corrected chi connectivity index (χ1v) is 12.2. The lowest BCUT2D eigenvalue weighted by Crippen LogP contribution is -2.58. The predicted molar refractivity (Wildman–Crippen MR) is 137 cm³/mol. The van der Waals surface area contributed by atoms with Crippen LogP contribution in [0.1, 0.15) is 37.9 Å². The average molecular weight is 547 g/mol. The fourth-order valence-corrected chi connectivity index (χ4v) is 3.70. The summed E-state index contributed by atoms with van der Waals surface area (Å²) >= 11 is 0. The fourth-order valence-electron chi connectivity index (χ4n) is 3.70. The number of carboxylic acid groups (broad SMARTS) is 2. The van der Waals surface area contributed by atoms with Crippen LogP contribution < -0.4 is 21.7 Å². The molecule has 0 aliphatic heterocycles. The molecule has 212 valence electrons. The van der Waals surface area contributed by atoms with Gasteiger partial charge in [0.05, 0.1) is 18.8 Å². The number of phenols is 1. The SMILES string of the molecule is CC(C)CC(NC(=O)C(Cc1ccc(O)cc1)NC(=O)C(N)Cc1cnc[nH]1)C(=O)NC(CC(=O)O)C(=O)O. The number of H-pyrrole nitrogens is 1. The number of phenolic OH excluding ortho intramolecular Hbond substituents is 1. The van der Waals surface area contributed by atoms with Crippen LogP contribution in [0.15, 0.2) is 36.8 Å². The maximum Gasteiger partial charge on any atom is 0.326 e. The summed E-state index contributed by atoms with van der Waals surface area (Å²) in [4.78, 5) is 68.3. The van der Waals surface area contributed by atoms with Crippen LogP contribution in [-0.2, 0) is 36.8 Å². The summed E-state index contributed by atoms with van der Waals surface area (Å²) in [5, 5.41) is 35.1. The second-order valence-corrected chi connectivity index (χ2v) is 9.51. The molecule has 9 N–H and O–H groups in total. The number of benzene rings is 1. The molecule has 4 unspecified atom stereocenters. The summed E-state index contributed by atoms with van der Waals surface area (Å²) in [5.74, 6) is -5.32. The largest absolute Gasteiger partial charge is 0.508 e. The van der Waals surface area contributed by atoms with Gasteiger partial charge in [-0.3, -0.25) is 19.2 Å². The van der Waals surface area contributed by atoms with E-state index in [4.69, 9.17) is 10.8 Å². The standard InChI is InChI=1S/C25H34N6O8/c1-13(2)7-18(23(36)31-20(25(38)39)10-21(33)34)30-24(37)19(8-14-3-5-16(32)6-4-14)29-22(35)17(26)9-15-11-27-12-28-15/h3-6,11-13,17-20,32H,7-10,26H2,1-2H3,(H,27,28)(H,29,35)(H,30,37)(H,31,36)(H,33,34)(H,38,39). The molecular formula is C25H34N6O8. The second-order valence-electron chi connectivity index (χ2n) is 9.51. The number of aliphatic carboxylic acids is 2. The highest BCUT2D eigenvalue weighted by Crippen LogP contribution is 2.13. The molecule has 0 fully saturated rings. The number of nitrogens with zero attached hydrogens (tertiary/aromatic N) is 1. The van der Waals surface area contributed by atoms with E-state index in [1.807, 2.05) is 0 Å². The monoisotopic (exact) mass is 546 g/mol. The van der Waals surface area contributed by atoms with Crippen molar-refractivity contribution in [2.75, 3.05) is 0 Å². The molecule has 14 nitrogen and oxygen atoms in total. The molecule has 3 amide bonds. The van der Waals surface area contributed by atoms with E-state index in [-0.39, 0.29) is 30.9 Å². The number of hydrogen-bond acceptors (Lipinski definition) is 8. The smallest absolute Gasteiger partial charge is 0.326 e. The highest BCUT2D eigenvalue weighted by molar-refractivity contribution is 5.94. The topological polar surface area (TPSA) is 237 Å². The Morgan fingerprint density at radius 1 is 0.897 bits per heavy atom. The molecule has 2 rings (SSSR count). The van der Waals surface area contributed by atoms with Crippen molar-refractivity contribution >= 4 is 29.7 Å². The molecule has 1 heterocycles. The van der Waals surface area contributed by atoms with Gasteiger partial charge in [0.25, 0.3) is 0 Å². The van der Waals surface area contributed by atoms with Crippen molar-refractivity contribution in [2.24, 2.45) is 11.7 Å². The maximum atomic E-state index is 13.4. The Hall–Kier alpha value is -4.46. The predicted octanol–water partition coefficient (Wildman–Crippen LogP) is -0.712. The Labute approximate surface area is 224 Å². The minimum absolute atomic E-state index is 0.00776. The molecule has 4 atom stereocenters. The molecular weight excluding hydrogens is 512 g/mol. The summed E-state index contributed by atoms with van der Waals surface area (Å²) in [6, 6.07) is 0.830. The lowest BCUT2D eigenvalue weighted by atomic mass is 10.00. The van der Waals surface area contributed by atoms with Crippen LogP contribution in [-0.4, -0.2) is 79.1 Å². The van der Waals surface area contributed by atoms with Gasteiger partial charge in [0.15, 0.2) is 0 Å². The van der Waals surface area contributed by atoms with Gasteiger partial charge >= 0.3 is 11.9 Å². The van der Waals surface area contributed by atoms with Crippen LogP contribution in [0.5, 0.6) is 5.75 Å². The Bertz CT molecular complexity index is 1140. The zero-order valence-electron chi connectivity index (χ0n) is 21.6. The lowest BCUT2D eigenvalue weighted by Gasteiger charge is -2.26. The first-order valence-electron chi connectivity index (χ1n) is 12.2. The molecule has 0 spiro atoms. The quantitative estimate of drug-likeness (QED) is 0.140. The number of carboxylic acids is 2. The van der Waals surface area contributed by atoms with E-state index < -0.39 is 60.2 Å². The van der Waals surface area contributed by atoms with Crippen molar-refractivity contribution in [2.45, 2.75) is 63.7 Å². The number of aromatic hydroxyl groups is 1. The van der Waals surface area contributed by atoms with E-state index in [2.05, 4.69) is 25.9 Å². The zero-order valence-corrected chi connectivity index (χ0v) is 21.6. The number of aromatic amines is 1. The lowest BCUT2D eigenvalue weighted by molar-refractivity contribution is -0.147. The van der Waals surface area contributed by atoms with Gasteiger partial charge in [-0.05, 0) is 30.0 Å². The van der Waals surface area contributed by atoms with Crippen LogP contribution in [0.3, 0.4) is 0 Å². The average Bonchev–Trinajstić information content (AvgIpc) is 3.36. The van der Waals surface area contributed by atoms with E-state index >= 15 is 0 Å². The highest BCUT2D eigenvalue weighted by atomic mass is 16.4. The van der Waals surface area contributed by atoms with Crippen LogP contribution in [0.25, 0.3) is 0 Å². The zero-order chi connectivity index (χ0) is 29.1. The molecule has 14 heteroatoms. The van der Waals surface area contributed by atoms with Crippen molar-refractivity contribution < 1.29 is 39.3 Å². The molecule has 0 bridgehead atoms. The third-order valence-electron chi connectivity index (χ3n) is 5.67. The van der Waals surface area contributed by atoms with Crippen LogP contribution in [0, 0.1) is 5.92 Å².